The van der Waals surface area contributed by atoms with Gasteiger partial charge in [-0.05, 0) is 12.8 Å². The van der Waals surface area contributed by atoms with Crippen LogP contribution in [-0.2, 0) is 0 Å². The number of rotatable bonds is 3. The summed E-state index contributed by atoms with van der Waals surface area (Å²) in [4.78, 5) is 0. The Balaban J connectivity index is 2.83. The third kappa shape index (κ3) is 4.42. The van der Waals surface area contributed by atoms with E-state index in [9.17, 15) is 0 Å². The standard InChI is InChI=1S/C5H11SSi/c1-2-5(6)3-4-7/h5-6H,2-4H2,1H3. The summed E-state index contributed by atoms with van der Waals surface area (Å²) in [6, 6.07) is 1.07. The average Bonchev–Trinajstić information content (AvgIpc) is 1.68. The summed E-state index contributed by atoms with van der Waals surface area (Å²) < 4.78 is 0. The first-order chi connectivity index (χ1) is 3.31. The quantitative estimate of drug-likeness (QED) is 0.437. The number of hydrogen-bond donors (Lipinski definition) is 1. The molecule has 0 saturated heterocycles. The van der Waals surface area contributed by atoms with Crippen molar-refractivity contribution in [2.75, 3.05) is 0 Å². The molecule has 1 unspecified atom stereocenters. The Bertz CT molecular complexity index is 39.1. The van der Waals surface area contributed by atoms with E-state index >= 15 is 0 Å². The minimum absolute atomic E-state index is 0.595. The van der Waals surface area contributed by atoms with Crippen LogP contribution in [0.3, 0.4) is 0 Å². The summed E-state index contributed by atoms with van der Waals surface area (Å²) in [5, 5.41) is 0.595. The normalized spacial score (nSPS) is 14.1. The Hall–Kier alpha value is 0.567. The molecular formula is C5H11SSi. The van der Waals surface area contributed by atoms with Crippen molar-refractivity contribution in [3.63, 3.8) is 0 Å². The van der Waals surface area contributed by atoms with Crippen LogP contribution >= 0.6 is 12.6 Å². The van der Waals surface area contributed by atoms with Gasteiger partial charge in [0.05, 0.1) is 0 Å². The third-order valence-electron chi connectivity index (χ3n) is 0.949. The summed E-state index contributed by atoms with van der Waals surface area (Å²) in [5.74, 6) is 0. The predicted molar refractivity (Wildman–Crippen MR) is 38.2 cm³/mol. The highest BCUT2D eigenvalue weighted by Crippen LogP contribution is 2.06. The van der Waals surface area contributed by atoms with E-state index in [-0.39, 0.29) is 0 Å². The molecule has 0 heterocycles. The average molecular weight is 131 g/mol. The second kappa shape index (κ2) is 4.72. The van der Waals surface area contributed by atoms with Crippen LogP contribution in [0, 0.1) is 0 Å². The smallest absolute Gasteiger partial charge is 0.0222 e. The van der Waals surface area contributed by atoms with E-state index < -0.39 is 0 Å². The lowest BCUT2D eigenvalue weighted by Crippen LogP contribution is -1.93. The fourth-order valence-corrected chi connectivity index (χ4v) is 1.09. The molecule has 0 aromatic rings. The van der Waals surface area contributed by atoms with E-state index in [1.165, 1.54) is 12.8 Å². The molecular weight excluding hydrogens is 120 g/mol. The third-order valence-corrected chi connectivity index (χ3v) is 1.86. The molecule has 0 fully saturated rings. The summed E-state index contributed by atoms with van der Waals surface area (Å²) >= 11 is 4.28. The van der Waals surface area contributed by atoms with Gasteiger partial charge in [-0.25, -0.2) is 0 Å². The topological polar surface area (TPSA) is 0 Å². The van der Waals surface area contributed by atoms with Gasteiger partial charge in [0.25, 0.3) is 0 Å². The molecule has 0 rings (SSSR count). The van der Waals surface area contributed by atoms with E-state index in [1.54, 1.807) is 0 Å². The van der Waals surface area contributed by atoms with E-state index in [0.29, 0.717) is 5.25 Å². The zero-order valence-electron chi connectivity index (χ0n) is 4.65. The van der Waals surface area contributed by atoms with Gasteiger partial charge in [-0.15, -0.1) is 0 Å². The van der Waals surface area contributed by atoms with Crippen LogP contribution in [0.15, 0.2) is 0 Å². The maximum absolute atomic E-state index is 4.28. The minimum atomic E-state index is 0.595. The highest BCUT2D eigenvalue weighted by molar-refractivity contribution is 7.80. The van der Waals surface area contributed by atoms with Crippen LogP contribution in [0.4, 0.5) is 0 Å². The van der Waals surface area contributed by atoms with Gasteiger partial charge in [0.2, 0.25) is 0 Å². The summed E-state index contributed by atoms with van der Waals surface area (Å²) in [6.07, 6.45) is 2.35. The van der Waals surface area contributed by atoms with Crippen LogP contribution in [0.2, 0.25) is 6.04 Å². The fourth-order valence-electron chi connectivity index (χ4n) is 0.371. The molecule has 0 spiro atoms. The van der Waals surface area contributed by atoms with Gasteiger partial charge in [-0.2, -0.15) is 12.6 Å². The van der Waals surface area contributed by atoms with Crippen molar-refractivity contribution in [1.29, 1.82) is 0 Å². The molecule has 0 saturated carbocycles. The van der Waals surface area contributed by atoms with E-state index in [4.69, 9.17) is 0 Å². The monoisotopic (exact) mass is 131 g/mol. The molecule has 0 aliphatic rings. The van der Waals surface area contributed by atoms with Crippen LogP contribution in [0.1, 0.15) is 19.8 Å². The van der Waals surface area contributed by atoms with Crippen molar-refractivity contribution in [1.82, 2.24) is 0 Å². The summed E-state index contributed by atoms with van der Waals surface area (Å²) in [5.41, 5.74) is 0. The SMILES string of the molecule is CCC(S)CC[Si]. The van der Waals surface area contributed by atoms with Crippen molar-refractivity contribution < 1.29 is 0 Å². The van der Waals surface area contributed by atoms with Gasteiger partial charge >= 0.3 is 0 Å². The van der Waals surface area contributed by atoms with Crippen LogP contribution in [0.25, 0.3) is 0 Å². The first-order valence-electron chi connectivity index (χ1n) is 2.64. The minimum Gasteiger partial charge on any atom is -0.176 e. The Kier molecular flexibility index (Phi) is 5.10. The van der Waals surface area contributed by atoms with E-state index in [1.807, 2.05) is 0 Å². The molecule has 0 aromatic heterocycles. The molecule has 0 aliphatic heterocycles. The molecule has 0 aliphatic carbocycles. The maximum atomic E-state index is 4.28. The molecule has 3 radical (unpaired) electrons. The molecule has 0 amide bonds. The second-order valence-electron chi connectivity index (χ2n) is 1.60. The van der Waals surface area contributed by atoms with Crippen molar-refractivity contribution in [3.05, 3.63) is 0 Å². The molecule has 0 bridgehead atoms. The number of thiol groups is 1. The molecule has 41 valence electrons. The zero-order chi connectivity index (χ0) is 5.70. The molecule has 0 N–H and O–H groups in total. The first-order valence-corrected chi connectivity index (χ1v) is 3.86. The van der Waals surface area contributed by atoms with E-state index in [2.05, 4.69) is 29.8 Å². The molecule has 0 nitrogen and oxygen atoms in total. The van der Waals surface area contributed by atoms with Crippen molar-refractivity contribution >= 4 is 22.9 Å². The van der Waals surface area contributed by atoms with Gasteiger partial charge in [0.15, 0.2) is 0 Å². The predicted octanol–water partition coefficient (Wildman–Crippen LogP) is 1.67. The second-order valence-corrected chi connectivity index (χ2v) is 2.83. The Morgan fingerprint density at radius 2 is 2.29 bits per heavy atom. The van der Waals surface area contributed by atoms with E-state index in [0.717, 1.165) is 6.04 Å². The number of hydrogen-bond acceptors (Lipinski definition) is 1. The Morgan fingerprint density at radius 1 is 1.71 bits per heavy atom. The molecule has 7 heavy (non-hydrogen) atoms. The van der Waals surface area contributed by atoms with Crippen LogP contribution < -0.4 is 0 Å². The lowest BCUT2D eigenvalue weighted by molar-refractivity contribution is 0.797. The van der Waals surface area contributed by atoms with Crippen LogP contribution in [0.5, 0.6) is 0 Å². The largest absolute Gasteiger partial charge is 0.176 e. The zero-order valence-corrected chi connectivity index (χ0v) is 6.54. The molecule has 1 atom stereocenters. The first kappa shape index (κ1) is 7.57. The lowest BCUT2D eigenvalue weighted by atomic mass is 10.3. The van der Waals surface area contributed by atoms with Crippen molar-refractivity contribution in [3.8, 4) is 0 Å². The van der Waals surface area contributed by atoms with Gasteiger partial charge in [-0.1, -0.05) is 13.0 Å². The van der Waals surface area contributed by atoms with Gasteiger partial charge in [0.1, 0.15) is 0 Å². The van der Waals surface area contributed by atoms with Crippen LogP contribution in [-0.4, -0.2) is 15.5 Å². The maximum Gasteiger partial charge on any atom is 0.0222 e. The highest BCUT2D eigenvalue weighted by Gasteiger charge is 1.93. The van der Waals surface area contributed by atoms with Crippen molar-refractivity contribution in [2.24, 2.45) is 0 Å². The summed E-state index contributed by atoms with van der Waals surface area (Å²) in [7, 11) is 3.38. The molecule has 2 heteroatoms. The molecule has 0 aromatic carbocycles. The van der Waals surface area contributed by atoms with Gasteiger partial charge < -0.3 is 0 Å². The lowest BCUT2D eigenvalue weighted by Gasteiger charge is -2.01. The highest BCUT2D eigenvalue weighted by atomic mass is 32.1. The Labute approximate surface area is 54.5 Å². The summed E-state index contributed by atoms with van der Waals surface area (Å²) in [6.45, 7) is 2.15. The fraction of sp³-hybridized carbons (Fsp3) is 1.00. The Morgan fingerprint density at radius 3 is 2.43 bits per heavy atom. The van der Waals surface area contributed by atoms with Crippen molar-refractivity contribution in [2.45, 2.75) is 31.1 Å². The van der Waals surface area contributed by atoms with Gasteiger partial charge in [-0.3, -0.25) is 0 Å². The van der Waals surface area contributed by atoms with Gasteiger partial charge in [0, 0.05) is 15.5 Å².